The van der Waals surface area contributed by atoms with Crippen molar-refractivity contribution >= 4 is 27.5 Å². The average molecular weight is 242 g/mol. The van der Waals surface area contributed by atoms with Gasteiger partial charge in [-0.15, -0.1) is 0 Å². The van der Waals surface area contributed by atoms with Gasteiger partial charge in [-0.2, -0.15) is 0 Å². The van der Waals surface area contributed by atoms with Crippen LogP contribution in [-0.4, -0.2) is 10.4 Å². The molecule has 1 aliphatic heterocycles. The smallest absolute Gasteiger partial charge is 0.279 e. The Bertz CT molecular complexity index is 362. The maximum absolute atomic E-state index is 11.4. The molecule has 2 rings (SSSR count). The summed E-state index contributed by atoms with van der Waals surface area (Å²) >= 11 is 3.19. The number of fused-ring (bicyclic) bond motifs is 1. The second-order valence-corrected chi connectivity index (χ2v) is 4.48. The van der Waals surface area contributed by atoms with E-state index in [4.69, 9.17) is 4.74 Å². The van der Waals surface area contributed by atoms with Crippen molar-refractivity contribution in [2.45, 2.75) is 11.4 Å². The van der Waals surface area contributed by atoms with Crippen LogP contribution >= 0.6 is 15.9 Å². The Hall–Kier alpha value is -1.03. The lowest BCUT2D eigenvalue weighted by Crippen LogP contribution is -2.43. The number of anilines is 1. The molecule has 3 nitrogen and oxygen atoms in total. The van der Waals surface area contributed by atoms with Crippen molar-refractivity contribution < 1.29 is 9.53 Å². The molecule has 0 fully saturated rings. The monoisotopic (exact) mass is 241 g/mol. The number of rotatable bonds is 0. The van der Waals surface area contributed by atoms with Crippen molar-refractivity contribution in [1.82, 2.24) is 0 Å². The zero-order chi connectivity index (χ0) is 9.47. The number of halogens is 1. The molecule has 1 aromatic carbocycles. The summed E-state index contributed by atoms with van der Waals surface area (Å²) in [4.78, 5) is 11.4. The van der Waals surface area contributed by atoms with Crippen molar-refractivity contribution in [1.29, 1.82) is 0 Å². The second kappa shape index (κ2) is 2.73. The molecule has 13 heavy (non-hydrogen) atoms. The Morgan fingerprint density at radius 2 is 2.15 bits per heavy atom. The summed E-state index contributed by atoms with van der Waals surface area (Å²) in [6.07, 6.45) is 0. The lowest BCUT2D eigenvalue weighted by atomic mass is 10.2. The summed E-state index contributed by atoms with van der Waals surface area (Å²) in [6, 6.07) is 7.32. The van der Waals surface area contributed by atoms with Gasteiger partial charge in [0.2, 0.25) is 4.51 Å². The molecule has 0 radical (unpaired) electrons. The SMILES string of the molecule is CC1(Br)Oc2ccccc2NC1=O. The predicted octanol–water partition coefficient (Wildman–Crippen LogP) is 2.13. The maximum Gasteiger partial charge on any atom is 0.279 e. The zero-order valence-corrected chi connectivity index (χ0v) is 8.59. The molecule has 0 saturated carbocycles. The summed E-state index contributed by atoms with van der Waals surface area (Å²) in [5, 5.41) is 2.74. The summed E-state index contributed by atoms with van der Waals surface area (Å²) in [5.41, 5.74) is 0.712. The van der Waals surface area contributed by atoms with E-state index in [0.717, 1.165) is 0 Å². The minimum absolute atomic E-state index is 0.189. The van der Waals surface area contributed by atoms with E-state index in [2.05, 4.69) is 21.2 Å². The van der Waals surface area contributed by atoms with Crippen LogP contribution in [0.5, 0.6) is 5.75 Å². The van der Waals surface area contributed by atoms with E-state index in [1.807, 2.05) is 18.2 Å². The summed E-state index contributed by atoms with van der Waals surface area (Å²) in [5.74, 6) is 0.493. The van der Waals surface area contributed by atoms with Gasteiger partial charge >= 0.3 is 0 Å². The van der Waals surface area contributed by atoms with Crippen molar-refractivity contribution in [2.75, 3.05) is 5.32 Å². The topological polar surface area (TPSA) is 38.3 Å². The highest BCUT2D eigenvalue weighted by atomic mass is 79.9. The van der Waals surface area contributed by atoms with E-state index < -0.39 is 4.51 Å². The Labute approximate surface area is 84.2 Å². The summed E-state index contributed by atoms with van der Waals surface area (Å²) in [6.45, 7) is 1.66. The van der Waals surface area contributed by atoms with Crippen LogP contribution in [0.15, 0.2) is 24.3 Å². The number of carbonyl (C=O) groups is 1. The van der Waals surface area contributed by atoms with Crippen molar-refractivity contribution in [2.24, 2.45) is 0 Å². The summed E-state index contributed by atoms with van der Waals surface area (Å²) < 4.78 is 4.48. The molecule has 0 bridgehead atoms. The number of nitrogens with one attached hydrogen (secondary N) is 1. The number of carbonyl (C=O) groups excluding carboxylic acids is 1. The van der Waals surface area contributed by atoms with Crippen LogP contribution in [0.2, 0.25) is 0 Å². The van der Waals surface area contributed by atoms with Crippen LogP contribution in [-0.2, 0) is 4.79 Å². The van der Waals surface area contributed by atoms with Gasteiger partial charge in [-0.25, -0.2) is 0 Å². The molecule has 1 heterocycles. The third kappa shape index (κ3) is 1.42. The van der Waals surface area contributed by atoms with Crippen LogP contribution < -0.4 is 10.1 Å². The van der Waals surface area contributed by atoms with Gasteiger partial charge in [0.15, 0.2) is 0 Å². The van der Waals surface area contributed by atoms with Gasteiger partial charge in [-0.05, 0) is 35.0 Å². The van der Waals surface area contributed by atoms with Crippen molar-refractivity contribution in [3.05, 3.63) is 24.3 Å². The van der Waals surface area contributed by atoms with E-state index in [-0.39, 0.29) is 5.91 Å². The fourth-order valence-electron chi connectivity index (χ4n) is 1.15. The minimum atomic E-state index is -0.957. The Balaban J connectivity index is 2.44. The number of alkyl halides is 1. The zero-order valence-electron chi connectivity index (χ0n) is 7.00. The highest BCUT2D eigenvalue weighted by Crippen LogP contribution is 2.35. The molecule has 1 aliphatic rings. The lowest BCUT2D eigenvalue weighted by Gasteiger charge is -2.29. The fourth-order valence-corrected chi connectivity index (χ4v) is 1.42. The summed E-state index contributed by atoms with van der Waals surface area (Å²) in [7, 11) is 0. The molecule has 1 atom stereocenters. The second-order valence-electron chi connectivity index (χ2n) is 2.97. The first kappa shape index (κ1) is 8.56. The Morgan fingerprint density at radius 3 is 2.92 bits per heavy atom. The van der Waals surface area contributed by atoms with Crippen molar-refractivity contribution in [3.63, 3.8) is 0 Å². The van der Waals surface area contributed by atoms with Gasteiger partial charge in [0, 0.05) is 0 Å². The normalized spacial score (nSPS) is 25.8. The molecule has 0 aromatic heterocycles. The molecular weight excluding hydrogens is 234 g/mol. The number of amides is 1. The molecule has 1 unspecified atom stereocenters. The van der Waals surface area contributed by atoms with Gasteiger partial charge in [0.1, 0.15) is 5.75 Å². The van der Waals surface area contributed by atoms with Crippen LogP contribution in [0.3, 0.4) is 0 Å². The van der Waals surface area contributed by atoms with Gasteiger partial charge in [-0.1, -0.05) is 12.1 Å². The molecule has 0 saturated heterocycles. The van der Waals surface area contributed by atoms with Gasteiger partial charge in [0.25, 0.3) is 5.91 Å². The Kier molecular flexibility index (Phi) is 1.80. The van der Waals surface area contributed by atoms with Crippen LogP contribution in [0.4, 0.5) is 5.69 Å². The first-order valence-electron chi connectivity index (χ1n) is 3.88. The highest BCUT2D eigenvalue weighted by molar-refractivity contribution is 9.10. The van der Waals surface area contributed by atoms with Crippen LogP contribution in [0.25, 0.3) is 0 Å². The largest absolute Gasteiger partial charge is 0.464 e. The first-order valence-corrected chi connectivity index (χ1v) is 4.67. The molecule has 1 amide bonds. The third-order valence-corrected chi connectivity index (χ3v) is 2.36. The predicted molar refractivity (Wildman–Crippen MR) is 53.0 cm³/mol. The van der Waals surface area contributed by atoms with Crippen LogP contribution in [0.1, 0.15) is 6.92 Å². The van der Waals surface area contributed by atoms with Crippen LogP contribution in [0, 0.1) is 0 Å². The van der Waals surface area contributed by atoms with Gasteiger partial charge in [0.05, 0.1) is 5.69 Å². The van der Waals surface area contributed by atoms with Crippen molar-refractivity contribution in [3.8, 4) is 5.75 Å². The van der Waals surface area contributed by atoms with E-state index in [1.54, 1.807) is 13.0 Å². The molecule has 0 spiro atoms. The highest BCUT2D eigenvalue weighted by Gasteiger charge is 2.37. The average Bonchev–Trinajstić information content (AvgIpc) is 2.06. The van der Waals surface area contributed by atoms with E-state index in [9.17, 15) is 4.79 Å². The molecule has 68 valence electrons. The molecular formula is C9H8BrNO2. The standard InChI is InChI=1S/C9H8BrNO2/c1-9(10)8(12)11-6-4-2-3-5-7(6)13-9/h2-5H,1H3,(H,11,12). The number of benzene rings is 1. The van der Waals surface area contributed by atoms with E-state index in [0.29, 0.717) is 11.4 Å². The number of hydrogen-bond donors (Lipinski definition) is 1. The Morgan fingerprint density at radius 1 is 1.46 bits per heavy atom. The number of hydrogen-bond acceptors (Lipinski definition) is 2. The molecule has 0 aliphatic carbocycles. The third-order valence-electron chi connectivity index (χ3n) is 1.84. The first-order chi connectivity index (χ1) is 6.09. The number of ether oxygens (including phenoxy) is 1. The minimum Gasteiger partial charge on any atom is -0.464 e. The molecule has 4 heteroatoms. The lowest BCUT2D eigenvalue weighted by molar-refractivity contribution is -0.124. The van der Waals surface area contributed by atoms with Gasteiger partial charge in [-0.3, -0.25) is 4.79 Å². The number of para-hydroxylation sites is 2. The molecule has 1 aromatic rings. The van der Waals surface area contributed by atoms with E-state index in [1.165, 1.54) is 0 Å². The fraction of sp³-hybridized carbons (Fsp3) is 0.222. The maximum atomic E-state index is 11.4. The molecule has 1 N–H and O–H groups in total. The van der Waals surface area contributed by atoms with E-state index >= 15 is 0 Å². The quantitative estimate of drug-likeness (QED) is 0.707. The van der Waals surface area contributed by atoms with Gasteiger partial charge < -0.3 is 10.1 Å².